The summed E-state index contributed by atoms with van der Waals surface area (Å²) in [5, 5.41) is 6.41. The normalized spacial score (nSPS) is 14.2. The molecule has 0 atom stereocenters. The predicted molar refractivity (Wildman–Crippen MR) is 111 cm³/mol. The molecule has 1 aromatic heterocycles. The highest BCUT2D eigenvalue weighted by molar-refractivity contribution is 6.13. The number of rotatable bonds is 4. The van der Waals surface area contributed by atoms with Gasteiger partial charge in [0.1, 0.15) is 5.82 Å². The maximum absolute atomic E-state index is 11.8. The standard InChI is InChI=1S/C20H22N6O2/c21-18(27)17-15-6-3-13(11-16(15)24-19(17)25-20(22)28)12-1-4-14(5-2-12)26-9-7-23-8-10-26/h1-6,11,23-24H,7-10H2,(H2,21,27)(H3,22,25,28). The summed E-state index contributed by atoms with van der Waals surface area (Å²) in [5.74, 6) is -0.427. The van der Waals surface area contributed by atoms with Crippen LogP contribution >= 0.6 is 0 Å². The van der Waals surface area contributed by atoms with Crippen LogP contribution in [0.25, 0.3) is 22.0 Å². The van der Waals surface area contributed by atoms with Gasteiger partial charge >= 0.3 is 6.03 Å². The summed E-state index contributed by atoms with van der Waals surface area (Å²) in [6, 6.07) is 13.3. The highest BCUT2D eigenvalue weighted by atomic mass is 16.2. The minimum Gasteiger partial charge on any atom is -0.369 e. The monoisotopic (exact) mass is 378 g/mol. The first-order valence-electron chi connectivity index (χ1n) is 9.11. The summed E-state index contributed by atoms with van der Waals surface area (Å²) < 4.78 is 0. The molecule has 144 valence electrons. The molecule has 2 aromatic carbocycles. The molecule has 8 heteroatoms. The number of urea groups is 1. The van der Waals surface area contributed by atoms with Gasteiger partial charge in [0, 0.05) is 42.8 Å². The van der Waals surface area contributed by atoms with Gasteiger partial charge < -0.3 is 26.7 Å². The van der Waals surface area contributed by atoms with Gasteiger partial charge in [-0.05, 0) is 29.3 Å². The molecule has 4 rings (SSSR count). The van der Waals surface area contributed by atoms with Crippen LogP contribution in [0.3, 0.4) is 0 Å². The Balaban J connectivity index is 1.67. The maximum Gasteiger partial charge on any atom is 0.317 e. The van der Waals surface area contributed by atoms with Gasteiger partial charge in [-0.3, -0.25) is 10.1 Å². The first-order valence-corrected chi connectivity index (χ1v) is 9.11. The minimum atomic E-state index is -0.766. The Labute approximate surface area is 161 Å². The number of aromatic amines is 1. The third-order valence-electron chi connectivity index (χ3n) is 4.98. The van der Waals surface area contributed by atoms with Crippen molar-refractivity contribution in [1.29, 1.82) is 0 Å². The zero-order valence-electron chi connectivity index (χ0n) is 15.3. The summed E-state index contributed by atoms with van der Waals surface area (Å²) in [6.45, 7) is 3.99. The van der Waals surface area contributed by atoms with Gasteiger partial charge in [-0.2, -0.15) is 0 Å². The van der Waals surface area contributed by atoms with Gasteiger partial charge in [-0.1, -0.05) is 24.3 Å². The van der Waals surface area contributed by atoms with Gasteiger partial charge in [0.05, 0.1) is 5.56 Å². The molecular weight excluding hydrogens is 356 g/mol. The second kappa shape index (κ2) is 7.24. The number of hydrogen-bond donors (Lipinski definition) is 5. The van der Waals surface area contributed by atoms with Crippen LogP contribution in [0, 0.1) is 0 Å². The smallest absolute Gasteiger partial charge is 0.317 e. The average Bonchev–Trinajstić information content (AvgIpc) is 3.05. The van der Waals surface area contributed by atoms with Crippen molar-refractivity contribution in [3.63, 3.8) is 0 Å². The number of carbonyl (C=O) groups is 2. The molecule has 0 unspecified atom stereocenters. The lowest BCUT2D eigenvalue weighted by Crippen LogP contribution is -2.43. The first kappa shape index (κ1) is 17.9. The highest BCUT2D eigenvalue weighted by Gasteiger charge is 2.18. The fraction of sp³-hybridized carbons (Fsp3) is 0.200. The van der Waals surface area contributed by atoms with Gasteiger partial charge in [0.2, 0.25) is 0 Å². The number of carbonyl (C=O) groups excluding carboxylic acids is 2. The van der Waals surface area contributed by atoms with E-state index < -0.39 is 11.9 Å². The number of piperazine rings is 1. The van der Waals surface area contributed by atoms with Crippen LogP contribution in [0.4, 0.5) is 16.3 Å². The van der Waals surface area contributed by atoms with Crippen LogP contribution in [0.1, 0.15) is 10.4 Å². The second-order valence-corrected chi connectivity index (χ2v) is 6.77. The number of nitrogens with zero attached hydrogens (tertiary/aromatic N) is 1. The van der Waals surface area contributed by atoms with Crippen molar-refractivity contribution in [2.24, 2.45) is 11.5 Å². The zero-order chi connectivity index (χ0) is 19.7. The third kappa shape index (κ3) is 3.37. The summed E-state index contributed by atoms with van der Waals surface area (Å²) in [5.41, 5.74) is 14.8. The number of hydrogen-bond acceptors (Lipinski definition) is 4. The molecule has 1 saturated heterocycles. The van der Waals surface area contributed by atoms with E-state index in [-0.39, 0.29) is 11.4 Å². The minimum absolute atomic E-state index is 0.209. The number of anilines is 2. The lowest BCUT2D eigenvalue weighted by molar-refractivity contribution is 0.100. The van der Waals surface area contributed by atoms with Crippen LogP contribution in [0.15, 0.2) is 42.5 Å². The molecule has 1 fully saturated rings. The van der Waals surface area contributed by atoms with Gasteiger partial charge in [-0.15, -0.1) is 0 Å². The van der Waals surface area contributed by atoms with E-state index in [2.05, 4.69) is 44.8 Å². The maximum atomic E-state index is 11.8. The molecule has 0 bridgehead atoms. The Morgan fingerprint density at radius 2 is 1.64 bits per heavy atom. The number of amides is 3. The SMILES string of the molecule is NC(=O)Nc1[nH]c2cc(-c3ccc(N4CCNCC4)cc3)ccc2c1C(N)=O. The van der Waals surface area contributed by atoms with Crippen molar-refractivity contribution in [2.75, 3.05) is 36.4 Å². The Morgan fingerprint density at radius 3 is 2.29 bits per heavy atom. The predicted octanol–water partition coefficient (Wildman–Crippen LogP) is 1.83. The second-order valence-electron chi connectivity index (χ2n) is 6.77. The number of fused-ring (bicyclic) bond motifs is 1. The lowest BCUT2D eigenvalue weighted by atomic mass is 10.0. The Morgan fingerprint density at radius 1 is 0.964 bits per heavy atom. The van der Waals surface area contributed by atoms with E-state index in [1.165, 1.54) is 5.69 Å². The molecule has 0 saturated carbocycles. The summed E-state index contributed by atoms with van der Waals surface area (Å²) in [4.78, 5) is 28.4. The van der Waals surface area contributed by atoms with Gasteiger partial charge in [0.25, 0.3) is 5.91 Å². The van der Waals surface area contributed by atoms with E-state index in [9.17, 15) is 9.59 Å². The van der Waals surface area contributed by atoms with E-state index in [1.807, 2.05) is 18.2 Å². The first-order chi connectivity index (χ1) is 13.5. The quantitative estimate of drug-likeness (QED) is 0.474. The molecular formula is C20H22N6O2. The van der Waals surface area contributed by atoms with Crippen LogP contribution in [0.5, 0.6) is 0 Å². The van der Waals surface area contributed by atoms with Gasteiger partial charge in [0.15, 0.2) is 0 Å². The van der Waals surface area contributed by atoms with Crippen molar-refractivity contribution in [3.05, 3.63) is 48.0 Å². The molecule has 7 N–H and O–H groups in total. The largest absolute Gasteiger partial charge is 0.369 e. The van der Waals surface area contributed by atoms with E-state index in [0.29, 0.717) is 10.9 Å². The average molecular weight is 378 g/mol. The Bertz CT molecular complexity index is 1030. The fourth-order valence-electron chi connectivity index (χ4n) is 3.64. The lowest BCUT2D eigenvalue weighted by Gasteiger charge is -2.29. The Kier molecular flexibility index (Phi) is 4.62. The van der Waals surface area contributed by atoms with Crippen molar-refractivity contribution in [3.8, 4) is 11.1 Å². The molecule has 0 spiro atoms. The van der Waals surface area contributed by atoms with Crippen LogP contribution < -0.4 is 27.0 Å². The molecule has 28 heavy (non-hydrogen) atoms. The summed E-state index contributed by atoms with van der Waals surface area (Å²) in [6.07, 6.45) is 0. The van der Waals surface area contributed by atoms with Crippen LogP contribution in [-0.4, -0.2) is 43.1 Å². The number of H-pyrrole nitrogens is 1. The van der Waals surface area contributed by atoms with Crippen molar-refractivity contribution >= 4 is 34.3 Å². The molecule has 8 nitrogen and oxygen atoms in total. The molecule has 3 amide bonds. The summed E-state index contributed by atoms with van der Waals surface area (Å²) >= 11 is 0. The van der Waals surface area contributed by atoms with E-state index in [1.54, 1.807) is 0 Å². The third-order valence-corrected chi connectivity index (χ3v) is 4.98. The van der Waals surface area contributed by atoms with E-state index in [4.69, 9.17) is 11.5 Å². The van der Waals surface area contributed by atoms with Crippen molar-refractivity contribution in [1.82, 2.24) is 10.3 Å². The molecule has 0 aliphatic carbocycles. The number of aromatic nitrogens is 1. The zero-order valence-corrected chi connectivity index (χ0v) is 15.3. The number of benzene rings is 2. The molecule has 3 aromatic rings. The molecule has 1 aliphatic heterocycles. The van der Waals surface area contributed by atoms with Crippen molar-refractivity contribution < 1.29 is 9.59 Å². The number of nitrogens with one attached hydrogen (secondary N) is 3. The fourth-order valence-corrected chi connectivity index (χ4v) is 3.64. The summed E-state index contributed by atoms with van der Waals surface area (Å²) in [7, 11) is 0. The molecule has 0 radical (unpaired) electrons. The Hall–Kier alpha value is -3.52. The van der Waals surface area contributed by atoms with Crippen LogP contribution in [-0.2, 0) is 0 Å². The number of primary amides is 2. The molecule has 2 heterocycles. The van der Waals surface area contributed by atoms with E-state index in [0.717, 1.165) is 37.3 Å². The van der Waals surface area contributed by atoms with Gasteiger partial charge in [-0.25, -0.2) is 4.79 Å². The molecule has 1 aliphatic rings. The number of nitrogens with two attached hydrogens (primary N) is 2. The van der Waals surface area contributed by atoms with Crippen LogP contribution in [0.2, 0.25) is 0 Å². The topological polar surface area (TPSA) is 129 Å². The van der Waals surface area contributed by atoms with Crippen molar-refractivity contribution in [2.45, 2.75) is 0 Å². The highest BCUT2D eigenvalue weighted by Crippen LogP contribution is 2.31. The van der Waals surface area contributed by atoms with E-state index >= 15 is 0 Å².